The number of carbonyl (C=O) groups excluding carboxylic acids is 1. The van der Waals surface area contributed by atoms with Crippen LogP contribution < -0.4 is 5.32 Å². The minimum Gasteiger partial charge on any atom is -0.480 e. The third kappa shape index (κ3) is 11.7. The minimum atomic E-state index is -0.942. The zero-order valence-corrected chi connectivity index (χ0v) is 12.2. The Balaban J connectivity index is 3.29. The summed E-state index contributed by atoms with van der Waals surface area (Å²) in [7, 11) is 0. The van der Waals surface area contributed by atoms with E-state index in [1.807, 2.05) is 0 Å². The van der Waals surface area contributed by atoms with Crippen molar-refractivity contribution in [3.8, 4) is 0 Å². The number of hydrogen-bond donors (Lipinski definition) is 2. The molecule has 1 atom stereocenters. The van der Waals surface area contributed by atoms with Crippen LogP contribution in [0.1, 0.15) is 77.6 Å². The zero-order valence-electron chi connectivity index (χ0n) is 12.2. The summed E-state index contributed by atoms with van der Waals surface area (Å²) >= 11 is 0. The Morgan fingerprint density at radius 2 is 1.47 bits per heavy atom. The Morgan fingerprint density at radius 3 is 1.89 bits per heavy atom. The fraction of sp³-hybridized carbons (Fsp3) is 0.867. The molecule has 0 saturated carbocycles. The van der Waals surface area contributed by atoms with Crippen LogP contribution in [0.25, 0.3) is 0 Å². The first-order chi connectivity index (χ1) is 9.22. The van der Waals surface area contributed by atoms with Crippen molar-refractivity contribution in [1.29, 1.82) is 0 Å². The molecule has 0 radical (unpaired) electrons. The van der Waals surface area contributed by atoms with Gasteiger partial charge < -0.3 is 10.4 Å². The van der Waals surface area contributed by atoms with Crippen molar-refractivity contribution < 1.29 is 14.7 Å². The summed E-state index contributed by atoms with van der Waals surface area (Å²) in [6, 6.07) is -0.716. The minimum absolute atomic E-state index is 0.467. The molecule has 0 saturated heterocycles. The van der Waals surface area contributed by atoms with Crippen molar-refractivity contribution in [3.05, 3.63) is 0 Å². The largest absolute Gasteiger partial charge is 0.480 e. The first-order valence-electron chi connectivity index (χ1n) is 7.64. The normalized spacial score (nSPS) is 12.1. The van der Waals surface area contributed by atoms with E-state index in [0.717, 1.165) is 12.8 Å². The number of nitrogens with one attached hydrogen (secondary N) is 1. The molecule has 0 aliphatic heterocycles. The number of aliphatic carboxylic acids is 1. The van der Waals surface area contributed by atoms with E-state index >= 15 is 0 Å². The van der Waals surface area contributed by atoms with Crippen LogP contribution in [0.15, 0.2) is 0 Å². The number of unbranched alkanes of at least 4 members (excludes halogenated alkanes) is 9. The van der Waals surface area contributed by atoms with Gasteiger partial charge in [-0.25, -0.2) is 4.79 Å². The summed E-state index contributed by atoms with van der Waals surface area (Å²) in [6.45, 7) is 2.23. The molecule has 4 nitrogen and oxygen atoms in total. The van der Waals surface area contributed by atoms with Crippen LogP contribution in [0.2, 0.25) is 0 Å². The van der Waals surface area contributed by atoms with Crippen molar-refractivity contribution >= 4 is 12.4 Å². The molecule has 1 amide bonds. The number of rotatable bonds is 14. The average Bonchev–Trinajstić information content (AvgIpc) is 2.39. The molecule has 112 valence electrons. The van der Waals surface area contributed by atoms with Gasteiger partial charge in [-0.15, -0.1) is 0 Å². The molecule has 2 N–H and O–H groups in total. The fourth-order valence-electron chi connectivity index (χ4n) is 2.20. The highest BCUT2D eigenvalue weighted by molar-refractivity contribution is 5.76. The van der Waals surface area contributed by atoms with Gasteiger partial charge in [0.15, 0.2) is 0 Å². The lowest BCUT2D eigenvalue weighted by atomic mass is 10.0. The third-order valence-electron chi connectivity index (χ3n) is 3.41. The van der Waals surface area contributed by atoms with Crippen LogP contribution in [0.5, 0.6) is 0 Å². The molecule has 19 heavy (non-hydrogen) atoms. The van der Waals surface area contributed by atoms with Crippen molar-refractivity contribution in [2.45, 2.75) is 83.6 Å². The van der Waals surface area contributed by atoms with Crippen molar-refractivity contribution in [2.24, 2.45) is 0 Å². The van der Waals surface area contributed by atoms with Gasteiger partial charge in [-0.1, -0.05) is 71.1 Å². The van der Waals surface area contributed by atoms with E-state index in [1.165, 1.54) is 51.4 Å². The second-order valence-corrected chi connectivity index (χ2v) is 5.15. The highest BCUT2D eigenvalue weighted by Gasteiger charge is 2.14. The van der Waals surface area contributed by atoms with Gasteiger partial charge in [-0.3, -0.25) is 4.79 Å². The Hall–Kier alpha value is -1.06. The van der Waals surface area contributed by atoms with E-state index < -0.39 is 12.0 Å². The van der Waals surface area contributed by atoms with E-state index in [1.54, 1.807) is 0 Å². The van der Waals surface area contributed by atoms with Gasteiger partial charge in [-0.05, 0) is 6.42 Å². The van der Waals surface area contributed by atoms with Crippen LogP contribution in [0.3, 0.4) is 0 Å². The summed E-state index contributed by atoms with van der Waals surface area (Å²) in [6.07, 6.45) is 13.3. The fourth-order valence-corrected chi connectivity index (χ4v) is 2.20. The summed E-state index contributed by atoms with van der Waals surface area (Å²) in [5.74, 6) is -0.942. The number of amides is 1. The molecule has 1 unspecified atom stereocenters. The van der Waals surface area contributed by atoms with Crippen molar-refractivity contribution in [3.63, 3.8) is 0 Å². The van der Waals surface area contributed by atoms with E-state index in [0.29, 0.717) is 12.8 Å². The standard InChI is InChI=1S/C15H29NO3/c1-2-3-4-5-6-7-8-9-10-11-12-14(15(18)19)16-13-17/h13-14H,2-12H2,1H3,(H,16,17)(H,18,19). The molecular formula is C15H29NO3. The lowest BCUT2D eigenvalue weighted by molar-refractivity contribution is -0.140. The first-order valence-corrected chi connectivity index (χ1v) is 7.64. The average molecular weight is 271 g/mol. The van der Waals surface area contributed by atoms with Crippen molar-refractivity contribution in [1.82, 2.24) is 5.32 Å². The molecule has 4 heteroatoms. The number of carboxylic acids is 1. The van der Waals surface area contributed by atoms with Gasteiger partial charge in [0.05, 0.1) is 0 Å². The smallest absolute Gasteiger partial charge is 0.326 e. The third-order valence-corrected chi connectivity index (χ3v) is 3.41. The lowest BCUT2D eigenvalue weighted by Crippen LogP contribution is -2.35. The van der Waals surface area contributed by atoms with Gasteiger partial charge in [0, 0.05) is 0 Å². The number of carbonyl (C=O) groups is 2. The summed E-state index contributed by atoms with van der Waals surface area (Å²) < 4.78 is 0. The predicted octanol–water partition coefficient (Wildman–Crippen LogP) is 3.50. The maximum absolute atomic E-state index is 10.8. The maximum atomic E-state index is 10.8. The van der Waals surface area contributed by atoms with Crippen LogP contribution in [0, 0.1) is 0 Å². The molecule has 0 fully saturated rings. The Labute approximate surface area is 117 Å². The second kappa shape index (κ2) is 13.4. The molecular weight excluding hydrogens is 242 g/mol. The molecule has 0 aromatic heterocycles. The van der Waals surface area contributed by atoms with Crippen LogP contribution in [-0.4, -0.2) is 23.5 Å². The molecule has 0 bridgehead atoms. The van der Waals surface area contributed by atoms with Crippen LogP contribution in [0.4, 0.5) is 0 Å². The monoisotopic (exact) mass is 271 g/mol. The van der Waals surface area contributed by atoms with Gasteiger partial charge >= 0.3 is 5.97 Å². The van der Waals surface area contributed by atoms with Crippen molar-refractivity contribution in [2.75, 3.05) is 0 Å². The summed E-state index contributed by atoms with van der Waals surface area (Å²) in [5, 5.41) is 11.2. The second-order valence-electron chi connectivity index (χ2n) is 5.15. The van der Waals surface area contributed by atoms with E-state index in [4.69, 9.17) is 5.11 Å². The molecule has 0 heterocycles. The van der Waals surface area contributed by atoms with Gasteiger partial charge in [0.25, 0.3) is 0 Å². The molecule has 0 aromatic carbocycles. The predicted molar refractivity (Wildman–Crippen MR) is 77.1 cm³/mol. The highest BCUT2D eigenvalue weighted by atomic mass is 16.4. The van der Waals surface area contributed by atoms with E-state index in [2.05, 4.69) is 12.2 Å². The first kappa shape index (κ1) is 17.9. The van der Waals surface area contributed by atoms with Crippen LogP contribution in [-0.2, 0) is 9.59 Å². The summed E-state index contributed by atoms with van der Waals surface area (Å²) in [4.78, 5) is 21.0. The van der Waals surface area contributed by atoms with Gasteiger partial charge in [0.1, 0.15) is 6.04 Å². The Kier molecular flexibility index (Phi) is 12.6. The number of carboxylic acid groups (broad SMARTS) is 1. The van der Waals surface area contributed by atoms with E-state index in [9.17, 15) is 9.59 Å². The SMILES string of the molecule is CCCCCCCCCCCCC(NC=O)C(=O)O. The highest BCUT2D eigenvalue weighted by Crippen LogP contribution is 2.12. The lowest BCUT2D eigenvalue weighted by Gasteiger charge is -2.10. The molecule has 0 rings (SSSR count). The van der Waals surface area contributed by atoms with Gasteiger partial charge in [-0.2, -0.15) is 0 Å². The van der Waals surface area contributed by atoms with Gasteiger partial charge in [0.2, 0.25) is 6.41 Å². The maximum Gasteiger partial charge on any atom is 0.326 e. The molecule has 0 spiro atoms. The number of hydrogen-bond acceptors (Lipinski definition) is 2. The summed E-state index contributed by atoms with van der Waals surface area (Å²) in [5.41, 5.74) is 0. The van der Waals surface area contributed by atoms with Crippen LogP contribution >= 0.6 is 0 Å². The Bertz CT molecular complexity index is 231. The zero-order chi connectivity index (χ0) is 14.3. The molecule has 0 aliphatic rings. The Morgan fingerprint density at radius 1 is 1.00 bits per heavy atom. The molecule has 0 aliphatic carbocycles. The quantitative estimate of drug-likeness (QED) is 0.375. The molecule has 0 aromatic rings. The van der Waals surface area contributed by atoms with E-state index in [-0.39, 0.29) is 0 Å². The topological polar surface area (TPSA) is 66.4 Å².